The topological polar surface area (TPSA) is 15.3 Å². The third-order valence-corrected chi connectivity index (χ3v) is 4.73. The second kappa shape index (κ2) is 3.92. The Bertz CT molecular complexity index is 504. The summed E-state index contributed by atoms with van der Waals surface area (Å²) in [6, 6.07) is 0. The molecule has 1 saturated heterocycles. The number of rotatable bonds is 1. The largest absolute Gasteiger partial charge is 0.347 e. The fourth-order valence-corrected chi connectivity index (χ4v) is 3.67. The molecule has 1 saturated carbocycles. The zero-order valence-corrected chi connectivity index (χ0v) is 10.8. The van der Waals surface area contributed by atoms with Gasteiger partial charge in [-0.3, -0.25) is 0 Å². The van der Waals surface area contributed by atoms with E-state index in [0.717, 1.165) is 32.5 Å². The average Bonchev–Trinajstić information content (AvgIpc) is 3.08. The number of alkyl halides is 2. The lowest BCUT2D eigenvalue weighted by molar-refractivity contribution is 0.0919. The SMILES string of the molecule is FC1(F)CC1C1C=CN2CCNCC3=CCCC1=C32. The number of nitrogens with zero attached hydrogens (tertiary/aromatic N) is 1. The van der Waals surface area contributed by atoms with Crippen LogP contribution in [0.4, 0.5) is 8.78 Å². The first-order valence-electron chi connectivity index (χ1n) is 7.13. The van der Waals surface area contributed by atoms with Crippen molar-refractivity contribution in [2.24, 2.45) is 11.8 Å². The molecule has 0 aromatic carbocycles. The van der Waals surface area contributed by atoms with Crippen LogP contribution in [0.3, 0.4) is 0 Å². The molecule has 4 aliphatic rings. The average molecular weight is 264 g/mol. The van der Waals surface area contributed by atoms with Crippen molar-refractivity contribution >= 4 is 0 Å². The van der Waals surface area contributed by atoms with Crippen LogP contribution in [0.15, 0.2) is 35.2 Å². The molecule has 0 radical (unpaired) electrons. The summed E-state index contributed by atoms with van der Waals surface area (Å²) in [6.45, 7) is 2.75. The molecule has 2 fully saturated rings. The Kier molecular flexibility index (Phi) is 2.40. The summed E-state index contributed by atoms with van der Waals surface area (Å²) >= 11 is 0. The smallest absolute Gasteiger partial charge is 0.252 e. The van der Waals surface area contributed by atoms with Gasteiger partial charge in [0.1, 0.15) is 0 Å². The summed E-state index contributed by atoms with van der Waals surface area (Å²) in [5.74, 6) is -2.93. The summed E-state index contributed by atoms with van der Waals surface area (Å²) in [6.07, 6.45) is 8.31. The highest BCUT2D eigenvalue weighted by Crippen LogP contribution is 2.57. The molecule has 19 heavy (non-hydrogen) atoms. The lowest BCUT2D eigenvalue weighted by atomic mass is 9.81. The minimum Gasteiger partial charge on any atom is -0.347 e. The van der Waals surface area contributed by atoms with Crippen molar-refractivity contribution in [3.8, 4) is 0 Å². The molecule has 0 amide bonds. The highest BCUT2D eigenvalue weighted by molar-refractivity contribution is 5.45. The second-order valence-electron chi connectivity index (χ2n) is 5.95. The fraction of sp³-hybridized carbons (Fsp3) is 0.600. The maximum atomic E-state index is 13.4. The molecule has 0 aromatic rings. The van der Waals surface area contributed by atoms with Crippen LogP contribution < -0.4 is 5.32 Å². The molecule has 0 spiro atoms. The molecule has 1 N–H and O–H groups in total. The minimum atomic E-state index is -2.44. The van der Waals surface area contributed by atoms with Gasteiger partial charge in [0.2, 0.25) is 0 Å². The third-order valence-electron chi connectivity index (χ3n) is 4.73. The van der Waals surface area contributed by atoms with Crippen molar-refractivity contribution in [1.29, 1.82) is 0 Å². The third kappa shape index (κ3) is 1.76. The number of nitrogens with one attached hydrogen (secondary N) is 1. The van der Waals surface area contributed by atoms with Crippen LogP contribution in [0.25, 0.3) is 0 Å². The standard InChI is InChI=1S/C15H18F2N2/c16-15(17)8-13(15)11-4-6-19-7-5-18-9-10-2-1-3-12(11)14(10)19/h2,4,6,11,13,18H,1,3,5,7-9H2. The van der Waals surface area contributed by atoms with Gasteiger partial charge in [0.05, 0.1) is 0 Å². The van der Waals surface area contributed by atoms with Crippen molar-refractivity contribution in [3.05, 3.63) is 35.2 Å². The van der Waals surface area contributed by atoms with Gasteiger partial charge in [0, 0.05) is 49.8 Å². The highest BCUT2D eigenvalue weighted by Gasteiger charge is 2.60. The first-order chi connectivity index (χ1) is 9.17. The molecule has 4 heteroatoms. The van der Waals surface area contributed by atoms with E-state index in [9.17, 15) is 8.78 Å². The summed E-state index contributed by atoms with van der Waals surface area (Å²) in [5, 5.41) is 3.41. The number of halogens is 2. The van der Waals surface area contributed by atoms with Gasteiger partial charge in [-0.05, 0) is 24.0 Å². The van der Waals surface area contributed by atoms with Gasteiger partial charge in [-0.2, -0.15) is 0 Å². The minimum absolute atomic E-state index is 0.0388. The number of hydrogen-bond donors (Lipinski definition) is 1. The van der Waals surface area contributed by atoms with E-state index in [1.807, 2.05) is 12.3 Å². The van der Waals surface area contributed by atoms with E-state index in [1.54, 1.807) is 0 Å². The van der Waals surface area contributed by atoms with Gasteiger partial charge in [-0.15, -0.1) is 0 Å². The van der Waals surface area contributed by atoms with E-state index in [-0.39, 0.29) is 12.3 Å². The van der Waals surface area contributed by atoms with Gasteiger partial charge < -0.3 is 10.2 Å². The summed E-state index contributed by atoms with van der Waals surface area (Å²) in [4.78, 5) is 2.25. The summed E-state index contributed by atoms with van der Waals surface area (Å²) in [7, 11) is 0. The van der Waals surface area contributed by atoms with E-state index in [0.29, 0.717) is 0 Å². The van der Waals surface area contributed by atoms with Crippen LogP contribution in [0.5, 0.6) is 0 Å². The fourth-order valence-electron chi connectivity index (χ4n) is 3.67. The van der Waals surface area contributed by atoms with Gasteiger partial charge in [-0.1, -0.05) is 12.2 Å². The Labute approximate surface area is 111 Å². The van der Waals surface area contributed by atoms with Gasteiger partial charge >= 0.3 is 0 Å². The predicted octanol–water partition coefficient (Wildman–Crippen LogP) is 2.66. The molecular formula is C15H18F2N2. The molecule has 2 nitrogen and oxygen atoms in total. The van der Waals surface area contributed by atoms with Crippen molar-refractivity contribution in [1.82, 2.24) is 10.2 Å². The molecule has 2 atom stereocenters. The number of allylic oxidation sites excluding steroid dienone is 3. The molecular weight excluding hydrogens is 246 g/mol. The van der Waals surface area contributed by atoms with Crippen LogP contribution >= 0.6 is 0 Å². The van der Waals surface area contributed by atoms with Crippen molar-refractivity contribution < 1.29 is 8.78 Å². The molecule has 2 aliphatic carbocycles. The first-order valence-corrected chi connectivity index (χ1v) is 7.13. The Morgan fingerprint density at radius 2 is 2.21 bits per heavy atom. The van der Waals surface area contributed by atoms with Gasteiger partial charge in [-0.25, -0.2) is 8.78 Å². The lowest BCUT2D eigenvalue weighted by Crippen LogP contribution is -2.29. The van der Waals surface area contributed by atoms with E-state index in [4.69, 9.17) is 0 Å². The van der Waals surface area contributed by atoms with Crippen LogP contribution in [0.2, 0.25) is 0 Å². The van der Waals surface area contributed by atoms with E-state index < -0.39 is 11.8 Å². The Hall–Kier alpha value is -1.16. The van der Waals surface area contributed by atoms with Crippen LogP contribution in [-0.4, -0.2) is 30.5 Å². The maximum Gasteiger partial charge on any atom is 0.252 e. The van der Waals surface area contributed by atoms with E-state index >= 15 is 0 Å². The monoisotopic (exact) mass is 264 g/mol. The van der Waals surface area contributed by atoms with Gasteiger partial charge in [0.25, 0.3) is 5.92 Å². The van der Waals surface area contributed by atoms with Gasteiger partial charge in [0.15, 0.2) is 0 Å². The quantitative estimate of drug-likeness (QED) is 0.783. The Morgan fingerprint density at radius 1 is 1.37 bits per heavy atom. The number of hydrogen-bond acceptors (Lipinski definition) is 2. The Morgan fingerprint density at radius 3 is 3.00 bits per heavy atom. The molecule has 2 heterocycles. The van der Waals surface area contributed by atoms with Crippen molar-refractivity contribution in [3.63, 3.8) is 0 Å². The first kappa shape index (κ1) is 11.6. The highest BCUT2D eigenvalue weighted by atomic mass is 19.3. The van der Waals surface area contributed by atoms with Crippen LogP contribution in [0, 0.1) is 11.8 Å². The van der Waals surface area contributed by atoms with E-state index in [2.05, 4.69) is 16.3 Å². The molecule has 2 aliphatic heterocycles. The zero-order chi connectivity index (χ0) is 13.0. The molecule has 2 unspecified atom stereocenters. The molecule has 0 bridgehead atoms. The van der Waals surface area contributed by atoms with Crippen molar-refractivity contribution in [2.45, 2.75) is 25.2 Å². The Balaban J connectivity index is 1.74. The second-order valence-corrected chi connectivity index (χ2v) is 5.95. The summed E-state index contributed by atoms with van der Waals surface area (Å²) < 4.78 is 26.8. The zero-order valence-electron chi connectivity index (χ0n) is 10.8. The molecule has 4 rings (SSSR count). The predicted molar refractivity (Wildman–Crippen MR) is 69.6 cm³/mol. The van der Waals surface area contributed by atoms with Crippen LogP contribution in [-0.2, 0) is 0 Å². The molecule has 102 valence electrons. The lowest BCUT2D eigenvalue weighted by Gasteiger charge is -2.35. The van der Waals surface area contributed by atoms with E-state index in [1.165, 1.54) is 16.8 Å². The normalized spacial score (nSPS) is 35.7. The van der Waals surface area contributed by atoms with Crippen LogP contribution in [0.1, 0.15) is 19.3 Å². The molecule has 0 aromatic heterocycles. The summed E-state index contributed by atoms with van der Waals surface area (Å²) in [5.41, 5.74) is 3.80. The maximum absolute atomic E-state index is 13.4. The van der Waals surface area contributed by atoms with Crippen molar-refractivity contribution in [2.75, 3.05) is 19.6 Å².